The Balaban J connectivity index is 1.43. The van der Waals surface area contributed by atoms with Crippen LogP contribution in [0, 0.1) is 0 Å². The molecular formula is C14H13N3OS2. The Labute approximate surface area is 125 Å². The van der Waals surface area contributed by atoms with Gasteiger partial charge in [0.2, 0.25) is 11.0 Å². The molecule has 20 heavy (non-hydrogen) atoms. The highest BCUT2D eigenvalue weighted by atomic mass is 32.2. The molecule has 0 radical (unpaired) electrons. The number of carbonyl (C=O) groups is 1. The first kappa shape index (κ1) is 12.3. The Hall–Kier alpha value is -1.40. The summed E-state index contributed by atoms with van der Waals surface area (Å²) in [4.78, 5) is 13.5. The zero-order valence-electron chi connectivity index (χ0n) is 10.7. The molecule has 1 fully saturated rings. The van der Waals surface area contributed by atoms with Crippen molar-refractivity contribution in [3.63, 3.8) is 0 Å². The van der Waals surface area contributed by atoms with E-state index < -0.39 is 0 Å². The third kappa shape index (κ3) is 2.33. The molecule has 102 valence electrons. The molecule has 1 aliphatic carbocycles. The number of benzene rings is 1. The lowest BCUT2D eigenvalue weighted by Gasteiger charge is -2.06. The summed E-state index contributed by atoms with van der Waals surface area (Å²) in [6.07, 6.45) is 3.20. The van der Waals surface area contributed by atoms with Crippen molar-refractivity contribution in [3.05, 3.63) is 34.8 Å². The van der Waals surface area contributed by atoms with E-state index in [9.17, 15) is 4.79 Å². The first-order chi connectivity index (χ1) is 9.79. The molecule has 4 rings (SSSR count). The van der Waals surface area contributed by atoms with Crippen molar-refractivity contribution < 1.29 is 4.79 Å². The number of fused-ring (bicyclic) bond motifs is 1. The van der Waals surface area contributed by atoms with Crippen molar-refractivity contribution in [1.82, 2.24) is 10.2 Å². The standard InChI is InChI=1S/C14H13N3OS2/c18-12(11-7-9-3-1-2-4-10(9)19-11)15-14-17-16-13(20-14)8-5-6-8/h1-4,8,11H,5-7H2,(H,15,17,18)/t11-/m1/s1. The third-order valence-corrected chi connectivity index (χ3v) is 5.86. The molecule has 1 aliphatic heterocycles. The number of thioether (sulfide) groups is 1. The summed E-state index contributed by atoms with van der Waals surface area (Å²) in [5, 5.41) is 12.8. The predicted molar refractivity (Wildman–Crippen MR) is 80.3 cm³/mol. The van der Waals surface area contributed by atoms with Crippen LogP contribution in [0.4, 0.5) is 5.13 Å². The lowest BCUT2D eigenvalue weighted by Crippen LogP contribution is -2.24. The molecule has 1 aromatic carbocycles. The van der Waals surface area contributed by atoms with E-state index in [2.05, 4.69) is 27.6 Å². The number of aromatic nitrogens is 2. The van der Waals surface area contributed by atoms with Gasteiger partial charge >= 0.3 is 0 Å². The van der Waals surface area contributed by atoms with Gasteiger partial charge in [0.25, 0.3) is 0 Å². The van der Waals surface area contributed by atoms with Gasteiger partial charge in [0, 0.05) is 10.8 Å². The summed E-state index contributed by atoms with van der Waals surface area (Å²) < 4.78 is 0. The summed E-state index contributed by atoms with van der Waals surface area (Å²) in [6, 6.07) is 8.19. The quantitative estimate of drug-likeness (QED) is 0.947. The molecule has 1 saturated carbocycles. The molecule has 1 amide bonds. The number of anilines is 1. The molecule has 2 heterocycles. The molecule has 1 atom stereocenters. The fourth-order valence-corrected chi connectivity index (χ4v) is 4.41. The molecule has 2 aromatic rings. The van der Waals surface area contributed by atoms with E-state index in [1.54, 1.807) is 11.8 Å². The Morgan fingerprint density at radius 3 is 2.90 bits per heavy atom. The van der Waals surface area contributed by atoms with Gasteiger partial charge in [-0.1, -0.05) is 29.5 Å². The van der Waals surface area contributed by atoms with Gasteiger partial charge < -0.3 is 0 Å². The molecule has 1 aromatic heterocycles. The molecular weight excluding hydrogens is 290 g/mol. The Morgan fingerprint density at radius 1 is 1.25 bits per heavy atom. The second-order valence-corrected chi connectivity index (χ2v) is 7.38. The van der Waals surface area contributed by atoms with Crippen LogP contribution in [-0.2, 0) is 11.2 Å². The van der Waals surface area contributed by atoms with Gasteiger partial charge in [-0.05, 0) is 30.9 Å². The topological polar surface area (TPSA) is 54.9 Å². The summed E-state index contributed by atoms with van der Waals surface area (Å²) in [5.41, 5.74) is 1.26. The molecule has 1 N–H and O–H groups in total. The van der Waals surface area contributed by atoms with E-state index in [0.717, 1.165) is 11.4 Å². The highest BCUT2D eigenvalue weighted by Crippen LogP contribution is 2.42. The minimum atomic E-state index is -0.0549. The van der Waals surface area contributed by atoms with E-state index in [0.29, 0.717) is 11.0 Å². The van der Waals surface area contributed by atoms with Crippen LogP contribution in [0.2, 0.25) is 0 Å². The van der Waals surface area contributed by atoms with Gasteiger partial charge in [-0.3, -0.25) is 10.1 Å². The SMILES string of the molecule is O=C(Nc1nnc(C2CC2)s1)[C@H]1Cc2ccccc2S1. The van der Waals surface area contributed by atoms with E-state index in [4.69, 9.17) is 0 Å². The monoisotopic (exact) mass is 303 g/mol. The zero-order valence-corrected chi connectivity index (χ0v) is 12.3. The highest BCUT2D eigenvalue weighted by molar-refractivity contribution is 8.01. The third-order valence-electron chi connectivity index (χ3n) is 3.54. The number of hydrogen-bond acceptors (Lipinski definition) is 5. The number of rotatable bonds is 3. The number of nitrogens with zero attached hydrogens (tertiary/aromatic N) is 2. The van der Waals surface area contributed by atoms with Crippen molar-refractivity contribution in [2.24, 2.45) is 0 Å². The van der Waals surface area contributed by atoms with Crippen LogP contribution in [0.15, 0.2) is 29.2 Å². The average Bonchev–Trinajstić information content (AvgIpc) is 3.04. The maximum Gasteiger partial charge on any atom is 0.240 e. The summed E-state index contributed by atoms with van der Waals surface area (Å²) >= 11 is 3.14. The fourth-order valence-electron chi connectivity index (χ4n) is 2.29. The average molecular weight is 303 g/mol. The molecule has 2 aliphatic rings. The fraction of sp³-hybridized carbons (Fsp3) is 0.357. The van der Waals surface area contributed by atoms with Crippen LogP contribution in [-0.4, -0.2) is 21.4 Å². The van der Waals surface area contributed by atoms with Crippen LogP contribution in [0.5, 0.6) is 0 Å². The van der Waals surface area contributed by atoms with Crippen LogP contribution in [0.25, 0.3) is 0 Å². The first-order valence-electron chi connectivity index (χ1n) is 6.68. The Morgan fingerprint density at radius 2 is 2.10 bits per heavy atom. The second kappa shape index (κ2) is 4.86. The number of amides is 1. The maximum absolute atomic E-state index is 12.3. The van der Waals surface area contributed by atoms with Crippen LogP contribution in [0.1, 0.15) is 29.3 Å². The Kier molecular flexibility index (Phi) is 3.00. The largest absolute Gasteiger partial charge is 0.300 e. The van der Waals surface area contributed by atoms with Gasteiger partial charge in [-0.2, -0.15) is 0 Å². The minimum absolute atomic E-state index is 0.0321. The maximum atomic E-state index is 12.3. The van der Waals surface area contributed by atoms with E-state index in [1.165, 1.54) is 34.6 Å². The van der Waals surface area contributed by atoms with E-state index in [-0.39, 0.29) is 11.2 Å². The van der Waals surface area contributed by atoms with Gasteiger partial charge in [-0.25, -0.2) is 0 Å². The summed E-state index contributed by atoms with van der Waals surface area (Å²) in [7, 11) is 0. The predicted octanol–water partition coefficient (Wildman–Crippen LogP) is 3.07. The zero-order chi connectivity index (χ0) is 13.5. The molecule has 0 bridgehead atoms. The van der Waals surface area contributed by atoms with Crippen LogP contribution in [0.3, 0.4) is 0 Å². The summed E-state index contributed by atoms with van der Waals surface area (Å²) in [6.45, 7) is 0. The molecule has 6 heteroatoms. The van der Waals surface area contributed by atoms with Gasteiger partial charge in [0.1, 0.15) is 5.01 Å². The molecule has 0 unspecified atom stereocenters. The molecule has 0 spiro atoms. The van der Waals surface area contributed by atoms with Crippen molar-refractivity contribution in [2.75, 3.05) is 5.32 Å². The highest BCUT2D eigenvalue weighted by Gasteiger charge is 2.30. The van der Waals surface area contributed by atoms with Crippen LogP contribution >= 0.6 is 23.1 Å². The minimum Gasteiger partial charge on any atom is -0.300 e. The smallest absolute Gasteiger partial charge is 0.240 e. The normalized spacial score (nSPS) is 20.7. The van der Waals surface area contributed by atoms with Crippen molar-refractivity contribution in [3.8, 4) is 0 Å². The van der Waals surface area contributed by atoms with E-state index in [1.807, 2.05) is 12.1 Å². The van der Waals surface area contributed by atoms with Gasteiger partial charge in [0.15, 0.2) is 0 Å². The number of nitrogens with one attached hydrogen (secondary N) is 1. The van der Waals surface area contributed by atoms with Crippen molar-refractivity contribution >= 4 is 34.1 Å². The van der Waals surface area contributed by atoms with Gasteiger partial charge in [-0.15, -0.1) is 22.0 Å². The second-order valence-electron chi connectivity index (χ2n) is 5.13. The lowest BCUT2D eigenvalue weighted by atomic mass is 10.1. The van der Waals surface area contributed by atoms with Crippen molar-refractivity contribution in [1.29, 1.82) is 0 Å². The van der Waals surface area contributed by atoms with Crippen molar-refractivity contribution in [2.45, 2.75) is 35.3 Å². The lowest BCUT2D eigenvalue weighted by molar-refractivity contribution is -0.115. The Bertz CT molecular complexity index is 641. The number of carbonyl (C=O) groups excluding carboxylic acids is 1. The first-order valence-corrected chi connectivity index (χ1v) is 8.38. The van der Waals surface area contributed by atoms with Gasteiger partial charge in [0.05, 0.1) is 5.25 Å². The molecule has 4 nitrogen and oxygen atoms in total. The van der Waals surface area contributed by atoms with Crippen LogP contribution < -0.4 is 5.32 Å². The molecule has 0 saturated heterocycles. The number of hydrogen-bond donors (Lipinski definition) is 1. The van der Waals surface area contributed by atoms with E-state index >= 15 is 0 Å². The summed E-state index contributed by atoms with van der Waals surface area (Å²) in [5.74, 6) is 0.618.